The largest absolute Gasteiger partial charge is 0.304 e. The third-order valence-electron chi connectivity index (χ3n) is 3.25. The van der Waals surface area contributed by atoms with E-state index >= 15 is 0 Å². The third-order valence-corrected chi connectivity index (χ3v) is 5.18. The molecule has 1 atom stereocenters. The van der Waals surface area contributed by atoms with Gasteiger partial charge in [-0.1, -0.05) is 46.6 Å². The topological polar surface area (TPSA) is 41.5 Å². The molecular weight excluding hydrogens is 375 g/mol. The lowest BCUT2D eigenvalue weighted by Gasteiger charge is -2.07. The van der Waals surface area contributed by atoms with Crippen molar-refractivity contribution in [1.82, 2.24) is 5.32 Å². The maximum Gasteiger partial charge on any atom is 0.239 e. The molecule has 23 heavy (non-hydrogen) atoms. The number of carbonyl (C=O) groups is 1. The van der Waals surface area contributed by atoms with Crippen LogP contribution in [0, 0.1) is 0 Å². The van der Waals surface area contributed by atoms with Gasteiger partial charge < -0.3 is 5.32 Å². The quantitative estimate of drug-likeness (QED) is 0.798. The van der Waals surface area contributed by atoms with E-state index < -0.39 is 0 Å². The number of amidine groups is 1. The number of nitrogens with one attached hydrogen (secondary N) is 1. The van der Waals surface area contributed by atoms with Crippen molar-refractivity contribution in [2.75, 3.05) is 0 Å². The number of halogens is 3. The van der Waals surface area contributed by atoms with E-state index in [1.807, 2.05) is 0 Å². The van der Waals surface area contributed by atoms with E-state index in [2.05, 4.69) is 10.3 Å². The Balaban J connectivity index is 1.74. The number of hydrogen-bond acceptors (Lipinski definition) is 3. The van der Waals surface area contributed by atoms with Crippen molar-refractivity contribution in [2.45, 2.75) is 11.7 Å². The fourth-order valence-electron chi connectivity index (χ4n) is 2.12. The molecule has 0 bridgehead atoms. The molecule has 2 aromatic carbocycles. The number of aliphatic imine (C=N–C) groups is 1. The zero-order chi connectivity index (χ0) is 16.4. The zero-order valence-electron chi connectivity index (χ0n) is 11.7. The molecule has 1 fully saturated rings. The van der Waals surface area contributed by atoms with Gasteiger partial charge >= 0.3 is 0 Å². The lowest BCUT2D eigenvalue weighted by atomic mass is 10.1. The molecule has 3 nitrogen and oxygen atoms in total. The minimum absolute atomic E-state index is 0.0845. The van der Waals surface area contributed by atoms with E-state index in [4.69, 9.17) is 34.8 Å². The molecule has 1 heterocycles. The van der Waals surface area contributed by atoms with Gasteiger partial charge in [0.1, 0.15) is 0 Å². The second-order valence-corrected chi connectivity index (χ2v) is 7.40. The van der Waals surface area contributed by atoms with Crippen molar-refractivity contribution >= 4 is 63.3 Å². The molecule has 1 amide bonds. The predicted octanol–water partition coefficient (Wildman–Crippen LogP) is 5.11. The van der Waals surface area contributed by atoms with Crippen LogP contribution in [0.15, 0.2) is 47.5 Å². The van der Waals surface area contributed by atoms with Crippen molar-refractivity contribution in [2.24, 2.45) is 4.99 Å². The number of amides is 1. The van der Waals surface area contributed by atoms with E-state index in [9.17, 15) is 4.79 Å². The van der Waals surface area contributed by atoms with Crippen LogP contribution >= 0.6 is 46.6 Å². The van der Waals surface area contributed by atoms with Gasteiger partial charge in [0.2, 0.25) is 5.91 Å². The predicted molar refractivity (Wildman–Crippen MR) is 98.2 cm³/mol. The first-order valence-electron chi connectivity index (χ1n) is 6.77. The van der Waals surface area contributed by atoms with Gasteiger partial charge in [0.25, 0.3) is 0 Å². The lowest BCUT2D eigenvalue weighted by molar-refractivity contribution is -0.118. The molecule has 1 aliphatic rings. The third kappa shape index (κ3) is 4.21. The second kappa shape index (κ2) is 7.14. The van der Waals surface area contributed by atoms with E-state index in [0.717, 1.165) is 11.3 Å². The van der Waals surface area contributed by atoms with Crippen LogP contribution in [-0.2, 0) is 11.2 Å². The maximum absolute atomic E-state index is 12.1. The number of hydrogen-bond donors (Lipinski definition) is 1. The average molecular weight is 386 g/mol. The number of nitrogens with zero attached hydrogens (tertiary/aromatic N) is 1. The minimum atomic E-state index is -0.281. The van der Waals surface area contributed by atoms with Gasteiger partial charge in [-0.2, -0.15) is 0 Å². The van der Waals surface area contributed by atoms with Crippen LogP contribution in [0.2, 0.25) is 15.1 Å². The Bertz CT molecular complexity index is 777. The summed E-state index contributed by atoms with van der Waals surface area (Å²) in [6.07, 6.45) is 0.496. The fourth-order valence-corrected chi connectivity index (χ4v) is 3.66. The van der Waals surface area contributed by atoms with Crippen LogP contribution < -0.4 is 5.32 Å². The van der Waals surface area contributed by atoms with Crippen LogP contribution in [0.5, 0.6) is 0 Å². The number of rotatable bonds is 3. The van der Waals surface area contributed by atoms with Crippen molar-refractivity contribution in [1.29, 1.82) is 0 Å². The first kappa shape index (κ1) is 16.7. The Morgan fingerprint density at radius 1 is 1.04 bits per heavy atom. The molecule has 1 N–H and O–H groups in total. The summed E-state index contributed by atoms with van der Waals surface area (Å²) in [4.78, 5) is 16.5. The molecule has 0 aliphatic carbocycles. The molecule has 1 saturated heterocycles. The van der Waals surface area contributed by atoms with Crippen molar-refractivity contribution in [3.8, 4) is 0 Å². The molecule has 0 spiro atoms. The van der Waals surface area contributed by atoms with Crippen LogP contribution in [0.3, 0.4) is 0 Å². The minimum Gasteiger partial charge on any atom is -0.304 e. The van der Waals surface area contributed by atoms with Crippen molar-refractivity contribution in [3.05, 3.63) is 63.1 Å². The molecule has 3 rings (SSSR count). The highest BCUT2D eigenvalue weighted by Crippen LogP contribution is 2.29. The first-order valence-corrected chi connectivity index (χ1v) is 8.78. The van der Waals surface area contributed by atoms with E-state index in [-0.39, 0.29) is 11.2 Å². The SMILES string of the molecule is O=C1NC(=Nc2ccc(Cl)cc2)S[C@@H]1Cc1cc(Cl)ccc1Cl. The maximum atomic E-state index is 12.1. The van der Waals surface area contributed by atoms with Gasteiger partial charge in [-0.3, -0.25) is 4.79 Å². The summed E-state index contributed by atoms with van der Waals surface area (Å²) in [5, 5.41) is 4.92. The summed E-state index contributed by atoms with van der Waals surface area (Å²) in [6, 6.07) is 12.3. The van der Waals surface area contributed by atoms with Gasteiger partial charge in [-0.05, 0) is 54.4 Å². The van der Waals surface area contributed by atoms with Crippen LogP contribution in [0.25, 0.3) is 0 Å². The van der Waals surface area contributed by atoms with E-state index in [1.165, 1.54) is 11.8 Å². The lowest BCUT2D eigenvalue weighted by Crippen LogP contribution is -2.26. The zero-order valence-corrected chi connectivity index (χ0v) is 14.8. The van der Waals surface area contributed by atoms with Gasteiger partial charge in [-0.25, -0.2) is 4.99 Å². The van der Waals surface area contributed by atoms with Crippen LogP contribution in [-0.4, -0.2) is 16.3 Å². The van der Waals surface area contributed by atoms with Gasteiger partial charge in [0.05, 0.1) is 10.9 Å². The number of thioether (sulfide) groups is 1. The molecule has 0 saturated carbocycles. The van der Waals surface area contributed by atoms with Crippen molar-refractivity contribution < 1.29 is 4.79 Å². The highest BCUT2D eigenvalue weighted by Gasteiger charge is 2.30. The molecule has 118 valence electrons. The molecule has 0 radical (unpaired) electrons. The Morgan fingerprint density at radius 3 is 2.48 bits per heavy atom. The standard InChI is InChI=1S/C16H11Cl3N2OS/c17-10-1-4-12(5-2-10)20-16-21-15(22)14(23-16)8-9-7-11(18)3-6-13(9)19/h1-7,14H,8H2,(H,20,21,22)/t14-/m1/s1. The molecule has 2 aromatic rings. The summed E-state index contributed by atoms with van der Waals surface area (Å²) < 4.78 is 0. The Kier molecular flexibility index (Phi) is 5.17. The summed E-state index contributed by atoms with van der Waals surface area (Å²) in [5.74, 6) is -0.0845. The number of benzene rings is 2. The summed E-state index contributed by atoms with van der Waals surface area (Å²) >= 11 is 19.4. The molecular formula is C16H11Cl3N2OS. The van der Waals surface area contributed by atoms with Gasteiger partial charge in [0, 0.05) is 15.1 Å². The summed E-state index contributed by atoms with van der Waals surface area (Å²) in [6.45, 7) is 0. The Morgan fingerprint density at radius 2 is 1.74 bits per heavy atom. The highest BCUT2D eigenvalue weighted by molar-refractivity contribution is 8.15. The van der Waals surface area contributed by atoms with E-state index in [0.29, 0.717) is 26.7 Å². The van der Waals surface area contributed by atoms with Gasteiger partial charge in [0.15, 0.2) is 5.17 Å². The first-order chi connectivity index (χ1) is 11.0. The molecule has 0 aromatic heterocycles. The summed E-state index contributed by atoms with van der Waals surface area (Å²) in [5.41, 5.74) is 1.58. The molecule has 7 heteroatoms. The molecule has 1 aliphatic heterocycles. The van der Waals surface area contributed by atoms with E-state index in [1.54, 1.807) is 42.5 Å². The van der Waals surface area contributed by atoms with Crippen molar-refractivity contribution in [3.63, 3.8) is 0 Å². The normalized spacial score (nSPS) is 19.2. The van der Waals surface area contributed by atoms with Crippen LogP contribution in [0.4, 0.5) is 5.69 Å². The van der Waals surface area contributed by atoms with Gasteiger partial charge in [-0.15, -0.1) is 0 Å². The monoisotopic (exact) mass is 384 g/mol. The van der Waals surface area contributed by atoms with Crippen LogP contribution in [0.1, 0.15) is 5.56 Å². The number of carbonyl (C=O) groups excluding carboxylic acids is 1. The Hall–Kier alpha value is -1.20. The second-order valence-electron chi connectivity index (χ2n) is 4.93. The Labute approximate surface area is 153 Å². The smallest absolute Gasteiger partial charge is 0.239 e. The highest BCUT2D eigenvalue weighted by atomic mass is 35.5. The molecule has 0 unspecified atom stereocenters. The average Bonchev–Trinajstić information content (AvgIpc) is 2.85. The summed E-state index contributed by atoms with van der Waals surface area (Å²) in [7, 11) is 0. The fraction of sp³-hybridized carbons (Fsp3) is 0.125.